The van der Waals surface area contributed by atoms with Gasteiger partial charge in [-0.1, -0.05) is 24.8 Å². The summed E-state index contributed by atoms with van der Waals surface area (Å²) in [6.07, 6.45) is 4.42. The molecule has 2 rings (SSSR count). The van der Waals surface area contributed by atoms with Gasteiger partial charge in [-0.3, -0.25) is 0 Å². The molecule has 0 bridgehead atoms. The van der Waals surface area contributed by atoms with Crippen LogP contribution in [-0.4, -0.2) is 21.5 Å². The molecule has 0 saturated heterocycles. The third kappa shape index (κ3) is 4.00. The minimum Gasteiger partial charge on any atom is -0.370 e. The van der Waals surface area contributed by atoms with Crippen LogP contribution in [0.3, 0.4) is 0 Å². The number of nitrogens with zero attached hydrogens (tertiary/aromatic N) is 3. The Morgan fingerprint density at radius 1 is 1.28 bits per heavy atom. The monoisotopic (exact) mass is 260 g/mol. The molecule has 0 radical (unpaired) electrons. The first kappa shape index (κ1) is 12.8. The highest BCUT2D eigenvalue weighted by molar-refractivity contribution is 7.98. The Hall–Kier alpha value is -1.62. The zero-order chi connectivity index (χ0) is 12.6. The second kappa shape index (κ2) is 6.96. The van der Waals surface area contributed by atoms with Crippen LogP contribution in [0, 0.1) is 0 Å². The molecule has 1 N–H and O–H groups in total. The molecule has 2 aromatic rings. The van der Waals surface area contributed by atoms with Crippen LogP contribution in [0.25, 0.3) is 0 Å². The number of rotatable bonds is 6. The van der Waals surface area contributed by atoms with Gasteiger partial charge in [0, 0.05) is 18.5 Å². The summed E-state index contributed by atoms with van der Waals surface area (Å²) in [5, 5.41) is 4.26. The molecule has 94 valence electrons. The van der Waals surface area contributed by atoms with Gasteiger partial charge in [0.05, 0.1) is 10.7 Å². The van der Waals surface area contributed by atoms with Gasteiger partial charge in [-0.15, -0.1) is 0 Å². The Morgan fingerprint density at radius 3 is 3.00 bits per heavy atom. The molecular weight excluding hydrogens is 244 g/mol. The van der Waals surface area contributed by atoms with Crippen LogP contribution in [-0.2, 0) is 5.75 Å². The Bertz CT molecular complexity index is 475. The van der Waals surface area contributed by atoms with Crippen molar-refractivity contribution in [2.75, 3.05) is 11.9 Å². The van der Waals surface area contributed by atoms with Crippen molar-refractivity contribution in [2.24, 2.45) is 0 Å². The van der Waals surface area contributed by atoms with Crippen LogP contribution >= 0.6 is 11.8 Å². The van der Waals surface area contributed by atoms with Gasteiger partial charge in [-0.2, -0.15) is 0 Å². The first-order valence-electron chi connectivity index (χ1n) is 5.97. The molecule has 2 aromatic heterocycles. The van der Waals surface area contributed by atoms with Gasteiger partial charge in [0.15, 0.2) is 0 Å². The summed E-state index contributed by atoms with van der Waals surface area (Å²) in [5.74, 6) is 1.76. The maximum Gasteiger partial charge on any atom is 0.126 e. The largest absolute Gasteiger partial charge is 0.370 e. The standard InChI is InChI=1S/C13H16N4S/c1-2-7-15-12-5-3-4-11(17-12)9-18-13-6-8-14-10-16-13/h3-6,8,10H,2,7,9H2,1H3,(H,15,17). The normalized spacial score (nSPS) is 10.3. The molecule has 0 aliphatic heterocycles. The lowest BCUT2D eigenvalue weighted by atomic mass is 10.3. The Morgan fingerprint density at radius 2 is 2.22 bits per heavy atom. The highest BCUT2D eigenvalue weighted by atomic mass is 32.2. The lowest BCUT2D eigenvalue weighted by Gasteiger charge is -2.06. The number of anilines is 1. The average molecular weight is 260 g/mol. The molecule has 0 fully saturated rings. The molecule has 2 heterocycles. The van der Waals surface area contributed by atoms with E-state index in [1.165, 1.54) is 0 Å². The van der Waals surface area contributed by atoms with E-state index in [1.54, 1.807) is 24.3 Å². The summed E-state index contributed by atoms with van der Waals surface area (Å²) < 4.78 is 0. The first-order chi connectivity index (χ1) is 8.88. The molecule has 18 heavy (non-hydrogen) atoms. The highest BCUT2D eigenvalue weighted by Gasteiger charge is 2.00. The van der Waals surface area contributed by atoms with Crippen molar-refractivity contribution in [1.82, 2.24) is 15.0 Å². The Labute approximate surface area is 111 Å². The lowest BCUT2D eigenvalue weighted by Crippen LogP contribution is -2.02. The number of nitrogens with one attached hydrogen (secondary N) is 1. The van der Waals surface area contributed by atoms with E-state index >= 15 is 0 Å². The van der Waals surface area contributed by atoms with E-state index in [0.29, 0.717) is 0 Å². The molecule has 0 unspecified atom stereocenters. The van der Waals surface area contributed by atoms with Gasteiger partial charge in [0.1, 0.15) is 12.1 Å². The Kier molecular flexibility index (Phi) is 4.96. The molecule has 0 atom stereocenters. The van der Waals surface area contributed by atoms with E-state index in [0.717, 1.165) is 35.3 Å². The van der Waals surface area contributed by atoms with Gasteiger partial charge >= 0.3 is 0 Å². The molecule has 0 aromatic carbocycles. The number of pyridine rings is 1. The zero-order valence-electron chi connectivity index (χ0n) is 10.3. The van der Waals surface area contributed by atoms with Crippen LogP contribution in [0.5, 0.6) is 0 Å². The van der Waals surface area contributed by atoms with Crippen LogP contribution in [0.1, 0.15) is 19.0 Å². The summed E-state index contributed by atoms with van der Waals surface area (Å²) >= 11 is 1.66. The number of aromatic nitrogens is 3. The Balaban J connectivity index is 1.93. The predicted molar refractivity (Wildman–Crippen MR) is 74.6 cm³/mol. The molecule has 4 nitrogen and oxygen atoms in total. The minimum atomic E-state index is 0.818. The van der Waals surface area contributed by atoms with E-state index in [4.69, 9.17) is 0 Å². The van der Waals surface area contributed by atoms with Gasteiger partial charge in [-0.25, -0.2) is 15.0 Å². The van der Waals surface area contributed by atoms with Crippen molar-refractivity contribution in [3.8, 4) is 0 Å². The molecular formula is C13H16N4S. The van der Waals surface area contributed by atoms with Crippen LogP contribution in [0.15, 0.2) is 41.8 Å². The first-order valence-corrected chi connectivity index (χ1v) is 6.95. The summed E-state index contributed by atoms with van der Waals surface area (Å²) in [7, 11) is 0. The molecule has 0 amide bonds. The third-order valence-corrected chi connectivity index (χ3v) is 3.26. The van der Waals surface area contributed by atoms with Crippen molar-refractivity contribution in [2.45, 2.75) is 24.1 Å². The fourth-order valence-electron chi connectivity index (χ4n) is 1.42. The minimum absolute atomic E-state index is 0.818. The van der Waals surface area contributed by atoms with Crippen molar-refractivity contribution in [3.63, 3.8) is 0 Å². The SMILES string of the molecule is CCCNc1cccc(CSc2ccncn2)n1. The summed E-state index contributed by atoms with van der Waals surface area (Å²) in [5.41, 5.74) is 1.06. The van der Waals surface area contributed by atoms with E-state index in [-0.39, 0.29) is 0 Å². The van der Waals surface area contributed by atoms with Crippen molar-refractivity contribution in [1.29, 1.82) is 0 Å². The van der Waals surface area contributed by atoms with Crippen molar-refractivity contribution >= 4 is 17.6 Å². The van der Waals surface area contributed by atoms with Gasteiger partial charge in [0.2, 0.25) is 0 Å². The predicted octanol–water partition coefficient (Wildman–Crippen LogP) is 2.99. The van der Waals surface area contributed by atoms with Crippen LogP contribution < -0.4 is 5.32 Å². The second-order valence-electron chi connectivity index (χ2n) is 3.78. The fourth-order valence-corrected chi connectivity index (χ4v) is 2.16. The maximum absolute atomic E-state index is 4.55. The van der Waals surface area contributed by atoms with Gasteiger partial charge < -0.3 is 5.32 Å². The summed E-state index contributed by atoms with van der Waals surface area (Å²) in [6, 6.07) is 7.96. The molecule has 0 saturated carbocycles. The maximum atomic E-state index is 4.55. The summed E-state index contributed by atoms with van der Waals surface area (Å²) in [6.45, 7) is 3.09. The quantitative estimate of drug-likeness (QED) is 0.639. The zero-order valence-corrected chi connectivity index (χ0v) is 11.2. The lowest BCUT2D eigenvalue weighted by molar-refractivity contribution is 0.964. The van der Waals surface area contributed by atoms with Gasteiger partial charge in [0.25, 0.3) is 0 Å². The smallest absolute Gasteiger partial charge is 0.126 e. The molecule has 5 heteroatoms. The number of thioether (sulfide) groups is 1. The fraction of sp³-hybridized carbons (Fsp3) is 0.308. The third-order valence-electron chi connectivity index (χ3n) is 2.29. The molecule has 0 spiro atoms. The highest BCUT2D eigenvalue weighted by Crippen LogP contribution is 2.19. The van der Waals surface area contributed by atoms with E-state index in [9.17, 15) is 0 Å². The molecule has 0 aliphatic rings. The second-order valence-corrected chi connectivity index (χ2v) is 4.77. The summed E-state index contributed by atoms with van der Waals surface area (Å²) in [4.78, 5) is 12.6. The number of hydrogen-bond donors (Lipinski definition) is 1. The van der Waals surface area contributed by atoms with Crippen molar-refractivity contribution < 1.29 is 0 Å². The van der Waals surface area contributed by atoms with Gasteiger partial charge in [-0.05, 0) is 24.6 Å². The molecule has 0 aliphatic carbocycles. The topological polar surface area (TPSA) is 50.7 Å². The van der Waals surface area contributed by atoms with E-state index < -0.39 is 0 Å². The van der Waals surface area contributed by atoms with Crippen molar-refractivity contribution in [3.05, 3.63) is 42.5 Å². The van der Waals surface area contributed by atoms with Crippen LogP contribution in [0.2, 0.25) is 0 Å². The number of hydrogen-bond acceptors (Lipinski definition) is 5. The van der Waals surface area contributed by atoms with E-state index in [2.05, 4.69) is 27.2 Å². The van der Waals surface area contributed by atoms with E-state index in [1.807, 2.05) is 24.3 Å². The average Bonchev–Trinajstić information content (AvgIpc) is 2.44. The van der Waals surface area contributed by atoms with Crippen LogP contribution in [0.4, 0.5) is 5.82 Å².